The number of rotatable bonds is 0. The van der Waals surface area contributed by atoms with Gasteiger partial charge in [0.25, 0.3) is 0 Å². The molecule has 0 atom stereocenters. The van der Waals surface area contributed by atoms with Crippen LogP contribution in [-0.2, 0) is 0 Å². The van der Waals surface area contributed by atoms with Crippen molar-refractivity contribution in [3.05, 3.63) is 21.9 Å². The number of aromatic nitrogens is 4. The van der Waals surface area contributed by atoms with E-state index in [-0.39, 0.29) is 0 Å². The normalized spacial score (nSPS) is 8.83. The molecule has 0 spiro atoms. The third-order valence-corrected chi connectivity index (χ3v) is 2.13. The highest BCUT2D eigenvalue weighted by Crippen LogP contribution is 1.94. The molecule has 0 saturated carbocycles. The lowest BCUT2D eigenvalue weighted by molar-refractivity contribution is 1.05. The van der Waals surface area contributed by atoms with Crippen molar-refractivity contribution >= 4 is 22.9 Å². The minimum absolute atomic E-state index is 1.02. The molecule has 0 aliphatic rings. The molecule has 12 heavy (non-hydrogen) atoms. The first-order chi connectivity index (χ1) is 5.79. The van der Waals surface area contributed by atoms with Gasteiger partial charge in [-0.05, 0) is 25.4 Å². The molecule has 2 aromatic rings. The summed E-state index contributed by atoms with van der Waals surface area (Å²) in [6.07, 6.45) is 1.56. The average molecular weight is 200 g/mol. The van der Waals surface area contributed by atoms with Crippen LogP contribution in [0.3, 0.4) is 0 Å². The molecular formula is C6H8N4S2. The summed E-state index contributed by atoms with van der Waals surface area (Å²) in [4.78, 5) is 3.82. The Hall–Kier alpha value is -0.880. The fraction of sp³-hybridized carbons (Fsp3) is 0.333. The number of hydrogen-bond acceptors (Lipinski definition) is 6. The first kappa shape index (κ1) is 9.21. The summed E-state index contributed by atoms with van der Waals surface area (Å²) in [6, 6.07) is 0. The van der Waals surface area contributed by atoms with Crippen LogP contribution in [0.4, 0.5) is 0 Å². The highest BCUT2D eigenvalue weighted by molar-refractivity contribution is 7.09. The van der Waals surface area contributed by atoms with E-state index in [1.54, 1.807) is 23.2 Å². The molecule has 0 saturated heterocycles. The van der Waals surface area contributed by atoms with E-state index in [2.05, 4.69) is 19.6 Å². The summed E-state index contributed by atoms with van der Waals surface area (Å²) in [5, 5.41) is 9.32. The molecule has 0 radical (unpaired) electrons. The minimum atomic E-state index is 1.02. The molecule has 0 N–H and O–H groups in total. The predicted molar refractivity (Wildman–Crippen MR) is 49.3 cm³/mol. The maximum atomic E-state index is 3.82. The van der Waals surface area contributed by atoms with E-state index >= 15 is 0 Å². The maximum absolute atomic E-state index is 3.82. The molecule has 4 nitrogen and oxygen atoms in total. The molecule has 64 valence electrons. The van der Waals surface area contributed by atoms with Crippen LogP contribution in [0.1, 0.15) is 10.0 Å². The molecule has 0 fully saturated rings. The van der Waals surface area contributed by atoms with Crippen LogP contribution in [0.2, 0.25) is 0 Å². The Bertz CT molecular complexity index is 257. The van der Waals surface area contributed by atoms with Gasteiger partial charge in [0.15, 0.2) is 0 Å². The van der Waals surface area contributed by atoms with E-state index in [4.69, 9.17) is 0 Å². The summed E-state index contributed by atoms with van der Waals surface area (Å²) in [5.41, 5.74) is 1.72. The maximum Gasteiger partial charge on any atom is 0.129 e. The van der Waals surface area contributed by atoms with Crippen molar-refractivity contribution in [3.63, 3.8) is 0 Å². The van der Waals surface area contributed by atoms with E-state index in [9.17, 15) is 0 Å². The Morgan fingerprint density at radius 1 is 1.25 bits per heavy atom. The van der Waals surface area contributed by atoms with Crippen molar-refractivity contribution < 1.29 is 0 Å². The summed E-state index contributed by atoms with van der Waals surface area (Å²) in [6.45, 7) is 3.86. The van der Waals surface area contributed by atoms with Crippen LogP contribution in [0.5, 0.6) is 0 Å². The Labute approximate surface area is 78.5 Å². The highest BCUT2D eigenvalue weighted by Gasteiger charge is 1.78. The standard InChI is InChI=1S/2C3H4N2S/c1-3-5-4-2-6-3;1-3-4-2-5-6-3/h2*2H,1H3. The second-order valence-electron chi connectivity index (χ2n) is 1.92. The van der Waals surface area contributed by atoms with Gasteiger partial charge in [-0.1, -0.05) is 0 Å². The van der Waals surface area contributed by atoms with E-state index < -0.39 is 0 Å². The van der Waals surface area contributed by atoms with Gasteiger partial charge in [-0.15, -0.1) is 21.5 Å². The second-order valence-corrected chi connectivity index (χ2v) is 3.94. The molecule has 2 aromatic heterocycles. The monoisotopic (exact) mass is 200 g/mol. The molecule has 0 unspecified atom stereocenters. The molecule has 2 rings (SSSR count). The lowest BCUT2D eigenvalue weighted by Crippen LogP contribution is -1.64. The van der Waals surface area contributed by atoms with Gasteiger partial charge in [0.05, 0.1) is 0 Å². The molecular weight excluding hydrogens is 192 g/mol. The van der Waals surface area contributed by atoms with Crippen molar-refractivity contribution in [2.45, 2.75) is 13.8 Å². The Morgan fingerprint density at radius 3 is 2.25 bits per heavy atom. The fourth-order valence-electron chi connectivity index (χ4n) is 0.457. The van der Waals surface area contributed by atoms with Crippen LogP contribution in [0.15, 0.2) is 11.8 Å². The molecule has 0 aromatic carbocycles. The first-order valence-corrected chi connectivity index (χ1v) is 4.90. The minimum Gasteiger partial charge on any atom is -0.228 e. The molecule has 0 amide bonds. The van der Waals surface area contributed by atoms with E-state index in [1.165, 1.54) is 11.5 Å². The first-order valence-electron chi connectivity index (χ1n) is 3.25. The zero-order valence-electron chi connectivity index (χ0n) is 6.76. The van der Waals surface area contributed by atoms with Gasteiger partial charge in [0, 0.05) is 0 Å². The fourth-order valence-corrected chi connectivity index (χ4v) is 1.14. The van der Waals surface area contributed by atoms with Crippen molar-refractivity contribution in [1.29, 1.82) is 0 Å². The van der Waals surface area contributed by atoms with Gasteiger partial charge < -0.3 is 0 Å². The average Bonchev–Trinajstić information content (AvgIpc) is 2.63. The van der Waals surface area contributed by atoms with Crippen LogP contribution in [0.25, 0.3) is 0 Å². The number of hydrogen-bond donors (Lipinski definition) is 0. The van der Waals surface area contributed by atoms with Crippen molar-refractivity contribution in [2.75, 3.05) is 0 Å². The van der Waals surface area contributed by atoms with Crippen LogP contribution >= 0.6 is 22.9 Å². The third kappa shape index (κ3) is 3.49. The SMILES string of the molecule is Cc1ncns1.Cc1nncs1. The van der Waals surface area contributed by atoms with Crippen molar-refractivity contribution in [1.82, 2.24) is 19.6 Å². The van der Waals surface area contributed by atoms with Crippen LogP contribution in [0, 0.1) is 13.8 Å². The topological polar surface area (TPSA) is 51.6 Å². The van der Waals surface area contributed by atoms with Crippen molar-refractivity contribution in [3.8, 4) is 0 Å². The summed E-state index contributed by atoms with van der Waals surface area (Å²) >= 11 is 2.97. The van der Waals surface area contributed by atoms with Crippen molar-refractivity contribution in [2.24, 2.45) is 0 Å². The van der Waals surface area contributed by atoms with Gasteiger partial charge in [-0.2, -0.15) is 4.37 Å². The Balaban J connectivity index is 0.000000120. The predicted octanol–water partition coefficient (Wildman–Crippen LogP) is 1.69. The summed E-state index contributed by atoms with van der Waals surface area (Å²) in [7, 11) is 0. The zero-order valence-corrected chi connectivity index (χ0v) is 8.39. The van der Waals surface area contributed by atoms with Gasteiger partial charge in [0.1, 0.15) is 21.9 Å². The molecule has 0 aliphatic carbocycles. The summed E-state index contributed by atoms with van der Waals surface area (Å²) < 4.78 is 3.75. The Morgan fingerprint density at radius 2 is 2.08 bits per heavy atom. The van der Waals surface area contributed by atoms with Gasteiger partial charge in [0.2, 0.25) is 0 Å². The summed E-state index contributed by atoms with van der Waals surface area (Å²) in [5.74, 6) is 0. The number of aryl methyl sites for hydroxylation is 2. The smallest absolute Gasteiger partial charge is 0.129 e. The zero-order chi connectivity index (χ0) is 8.81. The van der Waals surface area contributed by atoms with Gasteiger partial charge >= 0.3 is 0 Å². The quantitative estimate of drug-likeness (QED) is 0.649. The lowest BCUT2D eigenvalue weighted by atomic mass is 10.9. The molecule has 2 heterocycles. The third-order valence-electron chi connectivity index (χ3n) is 0.940. The molecule has 0 aliphatic heterocycles. The molecule has 0 bridgehead atoms. The van der Waals surface area contributed by atoms with E-state index in [0.717, 1.165) is 10.0 Å². The van der Waals surface area contributed by atoms with Gasteiger partial charge in [-0.25, -0.2) is 4.98 Å². The second kappa shape index (κ2) is 4.89. The van der Waals surface area contributed by atoms with Crippen LogP contribution in [-0.4, -0.2) is 19.6 Å². The molecule has 6 heteroatoms. The lowest BCUT2D eigenvalue weighted by Gasteiger charge is -1.62. The van der Waals surface area contributed by atoms with Crippen LogP contribution < -0.4 is 0 Å². The van der Waals surface area contributed by atoms with E-state index in [0.29, 0.717) is 0 Å². The van der Waals surface area contributed by atoms with Gasteiger partial charge in [-0.3, -0.25) is 0 Å². The Kier molecular flexibility index (Phi) is 3.75. The highest BCUT2D eigenvalue weighted by atomic mass is 32.1. The van der Waals surface area contributed by atoms with E-state index in [1.807, 2.05) is 13.8 Å². The largest absolute Gasteiger partial charge is 0.228 e. The number of nitrogens with zero attached hydrogens (tertiary/aromatic N) is 4.